The summed E-state index contributed by atoms with van der Waals surface area (Å²) in [6.45, 7) is 7.05. The quantitative estimate of drug-likeness (QED) is 0.718. The topological polar surface area (TPSA) is 0 Å². The van der Waals surface area contributed by atoms with Gasteiger partial charge in [0.25, 0.3) is 0 Å². The maximum Gasteiger partial charge on any atom is 0.0849 e. The van der Waals surface area contributed by atoms with Crippen LogP contribution in [0.15, 0.2) is 54.6 Å². The molecule has 2 rings (SSSR count). The van der Waals surface area contributed by atoms with Crippen LogP contribution in [-0.2, 0) is 6.04 Å². The standard InChI is InChI=1S/C16H20Si/c1-14-9-11-16(12-10-14)17(2,3)13-15-7-5-4-6-8-15/h4-12H,13H2,1-3H3. The van der Waals surface area contributed by atoms with Crippen molar-refractivity contribution in [1.82, 2.24) is 0 Å². The van der Waals surface area contributed by atoms with Crippen molar-refractivity contribution < 1.29 is 0 Å². The number of benzene rings is 2. The maximum absolute atomic E-state index is 2.45. The molecule has 0 spiro atoms. The molecule has 0 amide bonds. The predicted molar refractivity (Wildman–Crippen MR) is 78.4 cm³/mol. The summed E-state index contributed by atoms with van der Waals surface area (Å²) in [6.07, 6.45) is 0. The molecule has 0 bridgehead atoms. The van der Waals surface area contributed by atoms with Gasteiger partial charge in [0, 0.05) is 0 Å². The van der Waals surface area contributed by atoms with E-state index >= 15 is 0 Å². The Hall–Kier alpha value is -1.34. The predicted octanol–water partition coefficient (Wildman–Crippen LogP) is 3.69. The SMILES string of the molecule is Cc1ccc([Si](C)(C)Cc2ccccc2)cc1. The van der Waals surface area contributed by atoms with Gasteiger partial charge < -0.3 is 0 Å². The summed E-state index contributed by atoms with van der Waals surface area (Å²) in [6, 6.07) is 21.1. The van der Waals surface area contributed by atoms with Crippen molar-refractivity contribution in [3.8, 4) is 0 Å². The third-order valence-electron chi connectivity index (χ3n) is 3.32. The van der Waals surface area contributed by atoms with E-state index < -0.39 is 8.07 Å². The minimum Gasteiger partial charge on any atom is -0.0652 e. The Morgan fingerprint density at radius 3 is 2.00 bits per heavy atom. The van der Waals surface area contributed by atoms with E-state index in [9.17, 15) is 0 Å². The van der Waals surface area contributed by atoms with Gasteiger partial charge in [0.15, 0.2) is 0 Å². The third kappa shape index (κ3) is 3.07. The van der Waals surface area contributed by atoms with Gasteiger partial charge in [-0.25, -0.2) is 0 Å². The van der Waals surface area contributed by atoms with Crippen LogP contribution in [0.5, 0.6) is 0 Å². The molecule has 0 atom stereocenters. The molecular weight excluding hydrogens is 220 g/mol. The lowest BCUT2D eigenvalue weighted by Crippen LogP contribution is -2.43. The lowest BCUT2D eigenvalue weighted by atomic mass is 10.2. The molecule has 17 heavy (non-hydrogen) atoms. The normalized spacial score (nSPS) is 11.5. The zero-order valence-corrected chi connectivity index (χ0v) is 11.9. The molecule has 88 valence electrons. The monoisotopic (exact) mass is 240 g/mol. The first-order valence-corrected chi connectivity index (χ1v) is 9.40. The van der Waals surface area contributed by atoms with E-state index in [0.29, 0.717) is 0 Å². The minimum absolute atomic E-state index is 1.22. The van der Waals surface area contributed by atoms with Crippen molar-refractivity contribution in [2.24, 2.45) is 0 Å². The molecule has 0 radical (unpaired) electrons. The zero-order chi connectivity index (χ0) is 12.3. The Balaban J connectivity index is 2.21. The molecule has 2 aromatic rings. The number of aryl methyl sites for hydroxylation is 1. The first-order chi connectivity index (χ1) is 8.08. The Kier molecular flexibility index (Phi) is 3.48. The lowest BCUT2D eigenvalue weighted by molar-refractivity contribution is 1.32. The first kappa shape index (κ1) is 12.1. The van der Waals surface area contributed by atoms with Crippen LogP contribution in [0.1, 0.15) is 11.1 Å². The molecule has 0 nitrogen and oxygen atoms in total. The molecule has 0 saturated heterocycles. The molecule has 0 aliphatic rings. The van der Waals surface area contributed by atoms with E-state index in [2.05, 4.69) is 74.6 Å². The highest BCUT2D eigenvalue weighted by Gasteiger charge is 2.23. The van der Waals surface area contributed by atoms with Crippen LogP contribution in [0.25, 0.3) is 0 Å². The second-order valence-electron chi connectivity index (χ2n) is 5.41. The highest BCUT2D eigenvalue weighted by atomic mass is 28.3. The second-order valence-corrected chi connectivity index (χ2v) is 10.1. The van der Waals surface area contributed by atoms with Gasteiger partial charge in [-0.1, -0.05) is 84.0 Å². The molecular formula is C16H20Si. The average molecular weight is 240 g/mol. The van der Waals surface area contributed by atoms with Crippen molar-refractivity contribution in [3.63, 3.8) is 0 Å². The summed E-state index contributed by atoms with van der Waals surface area (Å²) < 4.78 is 0. The first-order valence-electron chi connectivity index (χ1n) is 6.19. The molecule has 0 aromatic heterocycles. The van der Waals surface area contributed by atoms with Gasteiger partial charge in [-0.15, -0.1) is 0 Å². The molecule has 0 saturated carbocycles. The van der Waals surface area contributed by atoms with Crippen molar-refractivity contribution in [1.29, 1.82) is 0 Å². The maximum atomic E-state index is 2.45. The van der Waals surface area contributed by atoms with E-state index in [0.717, 1.165) is 0 Å². The average Bonchev–Trinajstić information content (AvgIpc) is 2.30. The van der Waals surface area contributed by atoms with E-state index in [1.807, 2.05) is 0 Å². The number of rotatable bonds is 3. The van der Waals surface area contributed by atoms with Gasteiger partial charge in [0.05, 0.1) is 8.07 Å². The fourth-order valence-corrected chi connectivity index (χ4v) is 4.74. The smallest absolute Gasteiger partial charge is 0.0652 e. The van der Waals surface area contributed by atoms with Crippen molar-refractivity contribution in [2.45, 2.75) is 26.1 Å². The van der Waals surface area contributed by atoms with Gasteiger partial charge in [0.1, 0.15) is 0 Å². The van der Waals surface area contributed by atoms with Crippen LogP contribution in [0.4, 0.5) is 0 Å². The molecule has 0 aliphatic carbocycles. The number of hydrogen-bond acceptors (Lipinski definition) is 0. The summed E-state index contributed by atoms with van der Waals surface area (Å²) in [5, 5.41) is 1.55. The Bertz CT molecular complexity index is 469. The minimum atomic E-state index is -1.34. The summed E-state index contributed by atoms with van der Waals surface area (Å²) in [7, 11) is -1.34. The molecule has 0 heterocycles. The highest BCUT2D eigenvalue weighted by Crippen LogP contribution is 2.12. The molecule has 0 fully saturated rings. The third-order valence-corrected chi connectivity index (χ3v) is 6.51. The van der Waals surface area contributed by atoms with Crippen LogP contribution in [-0.4, -0.2) is 8.07 Å². The summed E-state index contributed by atoms with van der Waals surface area (Å²) in [4.78, 5) is 0. The number of hydrogen-bond donors (Lipinski definition) is 0. The van der Waals surface area contributed by atoms with Gasteiger partial charge in [-0.3, -0.25) is 0 Å². The molecule has 0 N–H and O–H groups in total. The van der Waals surface area contributed by atoms with Crippen LogP contribution < -0.4 is 5.19 Å². The van der Waals surface area contributed by atoms with Crippen molar-refractivity contribution >= 4 is 13.3 Å². The van der Waals surface area contributed by atoms with E-state index in [4.69, 9.17) is 0 Å². The summed E-state index contributed by atoms with van der Waals surface area (Å²) in [5.74, 6) is 0. The van der Waals surface area contributed by atoms with E-state index in [-0.39, 0.29) is 0 Å². The van der Waals surface area contributed by atoms with Gasteiger partial charge in [-0.2, -0.15) is 0 Å². The largest absolute Gasteiger partial charge is 0.0849 e. The van der Waals surface area contributed by atoms with Crippen molar-refractivity contribution in [2.75, 3.05) is 0 Å². The summed E-state index contributed by atoms with van der Waals surface area (Å²) >= 11 is 0. The summed E-state index contributed by atoms with van der Waals surface area (Å²) in [5.41, 5.74) is 2.81. The van der Waals surface area contributed by atoms with E-state index in [1.54, 1.807) is 5.19 Å². The molecule has 0 aliphatic heterocycles. The fraction of sp³-hybridized carbons (Fsp3) is 0.250. The van der Waals surface area contributed by atoms with Crippen molar-refractivity contribution in [3.05, 3.63) is 65.7 Å². The van der Waals surface area contributed by atoms with E-state index in [1.165, 1.54) is 17.2 Å². The second kappa shape index (κ2) is 4.88. The Morgan fingerprint density at radius 1 is 0.824 bits per heavy atom. The van der Waals surface area contributed by atoms with Crippen LogP contribution in [0.2, 0.25) is 13.1 Å². The Labute approximate surface area is 105 Å². The van der Waals surface area contributed by atoms with Gasteiger partial charge >= 0.3 is 0 Å². The van der Waals surface area contributed by atoms with Gasteiger partial charge in [-0.05, 0) is 13.0 Å². The fourth-order valence-electron chi connectivity index (χ4n) is 2.21. The molecule has 1 heteroatoms. The Morgan fingerprint density at radius 2 is 1.41 bits per heavy atom. The zero-order valence-electron chi connectivity index (χ0n) is 10.9. The van der Waals surface area contributed by atoms with Gasteiger partial charge in [0.2, 0.25) is 0 Å². The molecule has 2 aromatic carbocycles. The van der Waals surface area contributed by atoms with Crippen LogP contribution >= 0.6 is 0 Å². The van der Waals surface area contributed by atoms with Crippen LogP contribution in [0.3, 0.4) is 0 Å². The molecule has 0 unspecified atom stereocenters. The van der Waals surface area contributed by atoms with Crippen LogP contribution in [0, 0.1) is 6.92 Å². The highest BCUT2D eigenvalue weighted by molar-refractivity contribution is 6.89. The lowest BCUT2D eigenvalue weighted by Gasteiger charge is -2.23.